The summed E-state index contributed by atoms with van der Waals surface area (Å²) < 4.78 is 34.2. The van der Waals surface area contributed by atoms with Gasteiger partial charge in [-0.3, -0.25) is 4.79 Å². The highest BCUT2D eigenvalue weighted by atomic mass is 32.3. The van der Waals surface area contributed by atoms with Crippen molar-refractivity contribution in [2.24, 2.45) is 0 Å². The van der Waals surface area contributed by atoms with Crippen molar-refractivity contribution in [3.8, 4) is 0 Å². The summed E-state index contributed by atoms with van der Waals surface area (Å²) in [5, 5.41) is 0. The molecule has 0 spiro atoms. The molecule has 0 heterocycles. The van der Waals surface area contributed by atoms with Gasteiger partial charge in [-0.05, 0) is 43.0 Å². The van der Waals surface area contributed by atoms with E-state index in [1.165, 1.54) is 0 Å². The van der Waals surface area contributed by atoms with Crippen molar-refractivity contribution in [3.63, 3.8) is 0 Å². The van der Waals surface area contributed by atoms with Gasteiger partial charge in [-0.25, -0.2) is 0 Å². The molecule has 6 heteroatoms. The molecule has 1 rings (SSSR count). The largest absolute Gasteiger partial charge is 0.398 e. The van der Waals surface area contributed by atoms with Gasteiger partial charge in [0.2, 0.25) is 0 Å². The predicted octanol–water partition coefficient (Wildman–Crippen LogP) is 1.81. The zero-order valence-corrected chi connectivity index (χ0v) is 10.7. The van der Waals surface area contributed by atoms with Gasteiger partial charge in [-0.1, -0.05) is 0 Å². The number of hydrogen-bond donors (Lipinski definition) is 1. The van der Waals surface area contributed by atoms with Crippen LogP contribution in [0.4, 0.5) is 9.57 Å². The maximum Gasteiger partial charge on any atom is 0.306 e. The maximum atomic E-state index is 12.7. The molecular formula is C11H14FNO3S. The Bertz CT molecular complexity index is 579. The average Bonchev–Trinajstić information content (AvgIpc) is 2.21. The van der Waals surface area contributed by atoms with Crippen LogP contribution in [0.1, 0.15) is 32.6 Å². The van der Waals surface area contributed by atoms with Crippen molar-refractivity contribution in [2.45, 2.75) is 26.5 Å². The van der Waals surface area contributed by atoms with E-state index in [9.17, 15) is 17.1 Å². The van der Waals surface area contributed by atoms with Gasteiger partial charge < -0.3 is 5.73 Å². The van der Waals surface area contributed by atoms with Crippen molar-refractivity contribution in [1.82, 2.24) is 0 Å². The van der Waals surface area contributed by atoms with Crippen LogP contribution in [0.3, 0.4) is 0 Å². The molecule has 1 aromatic carbocycles. The molecule has 0 fully saturated rings. The summed E-state index contributed by atoms with van der Waals surface area (Å²) in [6.07, 6.45) is 0.606. The maximum absolute atomic E-state index is 12.7. The zero-order chi connectivity index (χ0) is 13.4. The predicted molar refractivity (Wildman–Crippen MR) is 64.2 cm³/mol. The van der Waals surface area contributed by atoms with E-state index in [1.807, 2.05) is 0 Å². The summed E-state index contributed by atoms with van der Waals surface area (Å²) in [6, 6.07) is 0. The molecule has 94 valence electrons. The third-order valence-electron chi connectivity index (χ3n) is 2.96. The van der Waals surface area contributed by atoms with Gasteiger partial charge in [0, 0.05) is 11.3 Å². The lowest BCUT2D eigenvalue weighted by Gasteiger charge is -2.16. The normalized spacial score (nSPS) is 11.5. The van der Waals surface area contributed by atoms with Gasteiger partial charge in [0.15, 0.2) is 6.29 Å². The van der Waals surface area contributed by atoms with E-state index in [1.54, 1.807) is 20.8 Å². The Labute approximate surface area is 99.8 Å². The molecule has 4 nitrogen and oxygen atoms in total. The first-order chi connectivity index (χ1) is 7.69. The Morgan fingerprint density at radius 2 is 1.71 bits per heavy atom. The number of nitrogen functional groups attached to an aromatic ring is 1. The highest BCUT2D eigenvalue weighted by Gasteiger charge is 2.19. The number of nitrogens with two attached hydrogens (primary N) is 1. The Balaban J connectivity index is 3.61. The summed E-state index contributed by atoms with van der Waals surface area (Å²) in [4.78, 5) is 10.9. The highest BCUT2D eigenvalue weighted by Crippen LogP contribution is 2.29. The molecule has 0 aliphatic carbocycles. The average molecular weight is 259 g/mol. The highest BCUT2D eigenvalue weighted by molar-refractivity contribution is 7.85. The molecule has 2 N–H and O–H groups in total. The molecule has 0 saturated heterocycles. The van der Waals surface area contributed by atoms with E-state index in [2.05, 4.69) is 0 Å². The van der Waals surface area contributed by atoms with Gasteiger partial charge in [0.25, 0.3) is 0 Å². The molecule has 17 heavy (non-hydrogen) atoms. The molecule has 1 aromatic rings. The van der Waals surface area contributed by atoms with E-state index < -0.39 is 16.0 Å². The van der Waals surface area contributed by atoms with Gasteiger partial charge in [-0.2, -0.15) is 8.42 Å². The second-order valence-corrected chi connectivity index (χ2v) is 5.35. The lowest BCUT2D eigenvalue weighted by Crippen LogP contribution is -2.09. The molecule has 0 aromatic heterocycles. The van der Waals surface area contributed by atoms with Crippen LogP contribution in [-0.4, -0.2) is 14.7 Å². The standard InChI is InChI=1S/C11H14FNO3S/c1-6-9(4-14)7(2)11(13)8(3)10(6)5-17(12,15)16/h4H,5,13H2,1-3H3. The topological polar surface area (TPSA) is 77.2 Å². The number of hydrogen-bond acceptors (Lipinski definition) is 4. The van der Waals surface area contributed by atoms with Crippen molar-refractivity contribution < 1.29 is 17.1 Å². The molecular weight excluding hydrogens is 245 g/mol. The number of halogens is 1. The fraction of sp³-hybridized carbons (Fsp3) is 0.364. The van der Waals surface area contributed by atoms with E-state index in [4.69, 9.17) is 5.73 Å². The van der Waals surface area contributed by atoms with Crippen molar-refractivity contribution in [2.75, 3.05) is 5.73 Å². The number of aldehydes is 1. The van der Waals surface area contributed by atoms with Crippen LogP contribution in [0.5, 0.6) is 0 Å². The third kappa shape index (κ3) is 2.63. The summed E-state index contributed by atoms with van der Waals surface area (Å²) in [5.74, 6) is -0.754. The monoisotopic (exact) mass is 259 g/mol. The fourth-order valence-electron chi connectivity index (χ4n) is 1.88. The minimum atomic E-state index is -4.65. The van der Waals surface area contributed by atoms with Crippen LogP contribution in [-0.2, 0) is 16.0 Å². The van der Waals surface area contributed by atoms with Gasteiger partial charge in [0.1, 0.15) is 5.75 Å². The number of rotatable bonds is 3. The minimum absolute atomic E-state index is 0.262. The molecule has 0 unspecified atom stereocenters. The third-order valence-corrected chi connectivity index (χ3v) is 3.59. The molecule has 0 bridgehead atoms. The van der Waals surface area contributed by atoms with Crippen LogP contribution < -0.4 is 5.73 Å². The summed E-state index contributed by atoms with van der Waals surface area (Å²) in [7, 11) is -4.65. The smallest absolute Gasteiger partial charge is 0.306 e. The number of anilines is 1. The Hall–Kier alpha value is -1.43. The van der Waals surface area contributed by atoms with Gasteiger partial charge in [0.05, 0.1) is 0 Å². The van der Waals surface area contributed by atoms with Crippen LogP contribution in [0, 0.1) is 20.8 Å². The van der Waals surface area contributed by atoms with Gasteiger partial charge >= 0.3 is 10.2 Å². The van der Waals surface area contributed by atoms with E-state index >= 15 is 0 Å². The lowest BCUT2D eigenvalue weighted by atomic mass is 9.93. The lowest BCUT2D eigenvalue weighted by molar-refractivity contribution is 0.112. The first-order valence-electron chi connectivity index (χ1n) is 4.94. The molecule has 0 aliphatic rings. The second kappa shape index (κ2) is 4.44. The second-order valence-electron chi connectivity index (χ2n) is 3.98. The number of benzene rings is 1. The Morgan fingerprint density at radius 3 is 2.12 bits per heavy atom. The molecule has 0 atom stereocenters. The van der Waals surface area contributed by atoms with Crippen LogP contribution in [0.15, 0.2) is 0 Å². The molecule has 0 saturated carbocycles. The van der Waals surface area contributed by atoms with Crippen molar-refractivity contribution >= 4 is 22.2 Å². The van der Waals surface area contributed by atoms with E-state index in [0.29, 0.717) is 34.2 Å². The first-order valence-corrected chi connectivity index (χ1v) is 6.50. The number of carbonyl (C=O) groups excluding carboxylic acids is 1. The number of carbonyl (C=O) groups is 1. The first kappa shape index (κ1) is 13.6. The SMILES string of the molecule is Cc1c(N)c(C)c(CS(=O)(=O)F)c(C)c1C=O. The van der Waals surface area contributed by atoms with Gasteiger partial charge in [-0.15, -0.1) is 3.89 Å². The summed E-state index contributed by atoms with van der Waals surface area (Å²) in [6.45, 7) is 4.88. The Kier molecular flexibility index (Phi) is 3.56. The fourth-order valence-corrected chi connectivity index (χ4v) is 2.66. The molecule has 0 radical (unpaired) electrons. The van der Waals surface area contributed by atoms with Crippen molar-refractivity contribution in [3.05, 3.63) is 27.8 Å². The van der Waals surface area contributed by atoms with Crippen molar-refractivity contribution in [1.29, 1.82) is 0 Å². The Morgan fingerprint density at radius 1 is 1.18 bits per heavy atom. The molecule has 0 amide bonds. The minimum Gasteiger partial charge on any atom is -0.398 e. The van der Waals surface area contributed by atoms with Crippen LogP contribution >= 0.6 is 0 Å². The van der Waals surface area contributed by atoms with E-state index in [0.717, 1.165) is 0 Å². The summed E-state index contributed by atoms with van der Waals surface area (Å²) >= 11 is 0. The molecule has 0 aliphatic heterocycles. The van der Waals surface area contributed by atoms with Crippen LogP contribution in [0.25, 0.3) is 0 Å². The summed E-state index contributed by atoms with van der Waals surface area (Å²) in [5.41, 5.74) is 8.25. The van der Waals surface area contributed by atoms with Crippen LogP contribution in [0.2, 0.25) is 0 Å². The van der Waals surface area contributed by atoms with E-state index in [-0.39, 0.29) is 5.56 Å². The zero-order valence-electron chi connectivity index (χ0n) is 9.87. The quantitative estimate of drug-likeness (QED) is 0.510.